The summed E-state index contributed by atoms with van der Waals surface area (Å²) in [5.41, 5.74) is 2.88. The Hall–Kier alpha value is -4.06. The molecule has 0 bridgehead atoms. The van der Waals surface area contributed by atoms with E-state index in [1.54, 1.807) is 36.4 Å². The number of carbonyl (C=O) groups is 2. The topological polar surface area (TPSA) is 76.1 Å². The largest absolute Gasteiger partial charge is 0.507 e. The quantitative estimate of drug-likeness (QED) is 0.232. The first-order chi connectivity index (χ1) is 17.3. The Labute approximate surface area is 211 Å². The molecule has 0 spiro atoms. The fourth-order valence-corrected chi connectivity index (χ4v) is 4.38. The SMILES string of the molecule is CCOc1ccc(/C(O)=C2\C(=O)C(=O)N(c3ccc(C(C)C)cc3)C2c2ccc(OCC)cc2)cc1. The standard InChI is InChI=1S/C30H31NO5/c1-5-35-24-15-9-21(10-16-24)27-26(28(32)22-11-17-25(18-12-22)36-6-2)29(33)30(34)31(27)23-13-7-20(8-14-23)19(3)4/h7-19,27,32H,5-6H2,1-4H3/b28-26+. The van der Waals surface area contributed by atoms with Crippen LogP contribution in [0.3, 0.4) is 0 Å². The van der Waals surface area contributed by atoms with Crippen molar-refractivity contribution >= 4 is 23.1 Å². The molecular formula is C30H31NO5. The van der Waals surface area contributed by atoms with E-state index in [2.05, 4.69) is 13.8 Å². The van der Waals surface area contributed by atoms with Gasteiger partial charge in [-0.25, -0.2) is 0 Å². The van der Waals surface area contributed by atoms with Gasteiger partial charge in [-0.1, -0.05) is 38.1 Å². The highest BCUT2D eigenvalue weighted by atomic mass is 16.5. The third-order valence-corrected chi connectivity index (χ3v) is 6.23. The fourth-order valence-electron chi connectivity index (χ4n) is 4.38. The van der Waals surface area contributed by atoms with Gasteiger partial charge in [0.1, 0.15) is 17.3 Å². The van der Waals surface area contributed by atoms with Gasteiger partial charge in [-0.3, -0.25) is 14.5 Å². The molecule has 0 saturated carbocycles. The molecule has 1 unspecified atom stereocenters. The normalized spacial score (nSPS) is 17.0. The maximum atomic E-state index is 13.3. The van der Waals surface area contributed by atoms with Crippen LogP contribution in [0, 0.1) is 0 Å². The second-order valence-electron chi connectivity index (χ2n) is 8.87. The van der Waals surface area contributed by atoms with E-state index in [1.165, 1.54) is 4.90 Å². The van der Waals surface area contributed by atoms with Crippen molar-refractivity contribution in [1.82, 2.24) is 0 Å². The molecule has 0 aromatic heterocycles. The van der Waals surface area contributed by atoms with Gasteiger partial charge in [0, 0.05) is 11.3 Å². The van der Waals surface area contributed by atoms with Gasteiger partial charge in [0.2, 0.25) is 0 Å². The second kappa shape index (κ2) is 10.7. The number of ketones is 1. The fraction of sp³-hybridized carbons (Fsp3) is 0.267. The second-order valence-corrected chi connectivity index (χ2v) is 8.87. The van der Waals surface area contributed by atoms with E-state index in [9.17, 15) is 14.7 Å². The maximum absolute atomic E-state index is 13.3. The highest BCUT2D eigenvalue weighted by molar-refractivity contribution is 6.51. The number of amides is 1. The lowest BCUT2D eigenvalue weighted by Crippen LogP contribution is -2.29. The summed E-state index contributed by atoms with van der Waals surface area (Å²) in [6.07, 6.45) is 0. The molecule has 0 aliphatic carbocycles. The van der Waals surface area contributed by atoms with Gasteiger partial charge in [0.05, 0.1) is 24.8 Å². The summed E-state index contributed by atoms with van der Waals surface area (Å²) in [5, 5.41) is 11.3. The predicted octanol–water partition coefficient (Wildman–Crippen LogP) is 6.23. The molecule has 4 rings (SSSR count). The van der Waals surface area contributed by atoms with Crippen LogP contribution in [0.1, 0.15) is 56.3 Å². The molecule has 1 saturated heterocycles. The van der Waals surface area contributed by atoms with Crippen LogP contribution in [0.5, 0.6) is 11.5 Å². The molecule has 3 aromatic rings. The Bertz CT molecular complexity index is 1260. The molecular weight excluding hydrogens is 454 g/mol. The van der Waals surface area contributed by atoms with Crippen molar-refractivity contribution in [1.29, 1.82) is 0 Å². The van der Waals surface area contributed by atoms with Gasteiger partial charge >= 0.3 is 0 Å². The highest BCUT2D eigenvalue weighted by Crippen LogP contribution is 2.42. The Kier molecular flexibility index (Phi) is 7.44. The van der Waals surface area contributed by atoms with Crippen molar-refractivity contribution in [2.45, 2.75) is 39.7 Å². The Morgan fingerprint density at radius 2 is 1.36 bits per heavy atom. The summed E-state index contributed by atoms with van der Waals surface area (Å²) in [6, 6.07) is 20.9. The predicted molar refractivity (Wildman–Crippen MR) is 141 cm³/mol. The lowest BCUT2D eigenvalue weighted by Gasteiger charge is -2.26. The first kappa shape index (κ1) is 25.0. The van der Waals surface area contributed by atoms with Crippen molar-refractivity contribution < 1.29 is 24.2 Å². The molecule has 6 nitrogen and oxygen atoms in total. The summed E-state index contributed by atoms with van der Waals surface area (Å²) in [7, 11) is 0. The zero-order valence-electron chi connectivity index (χ0n) is 21.0. The molecule has 6 heteroatoms. The van der Waals surface area contributed by atoms with Crippen LogP contribution in [-0.2, 0) is 9.59 Å². The molecule has 186 valence electrons. The molecule has 1 fully saturated rings. The molecule has 3 aromatic carbocycles. The molecule has 1 heterocycles. The van der Waals surface area contributed by atoms with Crippen molar-refractivity contribution in [3.8, 4) is 11.5 Å². The van der Waals surface area contributed by atoms with E-state index in [0.29, 0.717) is 47.4 Å². The zero-order chi connectivity index (χ0) is 25.8. The molecule has 1 atom stereocenters. The number of aliphatic hydroxyl groups is 1. The third-order valence-electron chi connectivity index (χ3n) is 6.23. The van der Waals surface area contributed by atoms with Crippen LogP contribution in [0.4, 0.5) is 5.69 Å². The number of hydrogen-bond acceptors (Lipinski definition) is 5. The Morgan fingerprint density at radius 3 is 1.86 bits per heavy atom. The first-order valence-electron chi connectivity index (χ1n) is 12.2. The summed E-state index contributed by atoms with van der Waals surface area (Å²) in [4.78, 5) is 28.2. The van der Waals surface area contributed by atoms with E-state index in [1.807, 2.05) is 50.2 Å². The van der Waals surface area contributed by atoms with Crippen molar-refractivity contribution in [3.63, 3.8) is 0 Å². The van der Waals surface area contributed by atoms with Crippen molar-refractivity contribution in [3.05, 3.63) is 95.1 Å². The first-order valence-corrected chi connectivity index (χ1v) is 12.2. The molecule has 36 heavy (non-hydrogen) atoms. The number of hydrogen-bond donors (Lipinski definition) is 1. The summed E-state index contributed by atoms with van der Waals surface area (Å²) in [6.45, 7) is 9.03. The minimum Gasteiger partial charge on any atom is -0.507 e. The van der Waals surface area contributed by atoms with E-state index < -0.39 is 17.7 Å². The number of Topliss-reactive ketones (excluding diaryl/α,β-unsaturated/α-hetero) is 1. The molecule has 1 amide bonds. The summed E-state index contributed by atoms with van der Waals surface area (Å²) < 4.78 is 11.1. The van der Waals surface area contributed by atoms with Gasteiger partial charge in [-0.05, 0) is 79.4 Å². The average molecular weight is 486 g/mol. The van der Waals surface area contributed by atoms with Crippen LogP contribution in [-0.4, -0.2) is 30.0 Å². The number of ether oxygens (including phenoxy) is 2. The number of aliphatic hydroxyl groups excluding tert-OH is 1. The van der Waals surface area contributed by atoms with Gasteiger partial charge in [0.15, 0.2) is 0 Å². The number of nitrogens with zero attached hydrogens (tertiary/aromatic N) is 1. The lowest BCUT2D eigenvalue weighted by molar-refractivity contribution is -0.132. The van der Waals surface area contributed by atoms with E-state index in [4.69, 9.17) is 9.47 Å². The maximum Gasteiger partial charge on any atom is 0.300 e. The summed E-state index contributed by atoms with van der Waals surface area (Å²) in [5.74, 6) is 0.0355. The van der Waals surface area contributed by atoms with Crippen LogP contribution >= 0.6 is 0 Å². The number of benzene rings is 3. The third kappa shape index (κ3) is 4.85. The van der Waals surface area contributed by atoms with E-state index in [-0.39, 0.29) is 11.3 Å². The zero-order valence-corrected chi connectivity index (χ0v) is 21.0. The van der Waals surface area contributed by atoms with Crippen LogP contribution in [0.25, 0.3) is 5.76 Å². The summed E-state index contributed by atoms with van der Waals surface area (Å²) >= 11 is 0. The van der Waals surface area contributed by atoms with Crippen molar-refractivity contribution in [2.24, 2.45) is 0 Å². The minimum atomic E-state index is -0.794. The van der Waals surface area contributed by atoms with Gasteiger partial charge in [0.25, 0.3) is 11.7 Å². The van der Waals surface area contributed by atoms with Crippen molar-refractivity contribution in [2.75, 3.05) is 18.1 Å². The lowest BCUT2D eigenvalue weighted by atomic mass is 9.95. The van der Waals surface area contributed by atoms with E-state index in [0.717, 1.165) is 5.56 Å². The van der Waals surface area contributed by atoms with E-state index >= 15 is 0 Å². The van der Waals surface area contributed by atoms with Gasteiger partial charge < -0.3 is 14.6 Å². The monoisotopic (exact) mass is 485 g/mol. The Morgan fingerprint density at radius 1 is 0.833 bits per heavy atom. The number of rotatable bonds is 8. The smallest absolute Gasteiger partial charge is 0.300 e. The molecule has 1 N–H and O–H groups in total. The Balaban J connectivity index is 1.84. The van der Waals surface area contributed by atoms with Crippen LogP contribution < -0.4 is 14.4 Å². The molecule has 1 aliphatic rings. The van der Waals surface area contributed by atoms with Crippen LogP contribution in [0.2, 0.25) is 0 Å². The highest BCUT2D eigenvalue weighted by Gasteiger charge is 2.47. The number of carbonyl (C=O) groups excluding carboxylic acids is 2. The number of anilines is 1. The average Bonchev–Trinajstić information content (AvgIpc) is 3.15. The molecule has 0 radical (unpaired) electrons. The minimum absolute atomic E-state index is 0.0428. The van der Waals surface area contributed by atoms with Gasteiger partial charge in [-0.15, -0.1) is 0 Å². The van der Waals surface area contributed by atoms with Gasteiger partial charge in [-0.2, -0.15) is 0 Å². The van der Waals surface area contributed by atoms with Crippen LogP contribution in [0.15, 0.2) is 78.4 Å². The molecule has 1 aliphatic heterocycles.